The van der Waals surface area contributed by atoms with Crippen molar-refractivity contribution in [2.45, 2.75) is 6.18 Å². The van der Waals surface area contributed by atoms with Gasteiger partial charge in [0.15, 0.2) is 6.61 Å². The number of non-ortho nitro benzene ring substituents is 1. The van der Waals surface area contributed by atoms with Crippen LogP contribution in [0, 0.1) is 13.7 Å². The van der Waals surface area contributed by atoms with Gasteiger partial charge in [-0.3, -0.25) is 10.1 Å². The van der Waals surface area contributed by atoms with Crippen LogP contribution in [-0.4, -0.2) is 17.7 Å². The fourth-order valence-corrected chi connectivity index (χ4v) is 1.53. The standard InChI is InChI=1S/C8H5F3INO3/c9-8(10,11)4-16-7-2-1-5(13(14)15)3-6(7)12/h1-3H,4H2. The number of nitro benzene ring substituents is 1. The average Bonchev–Trinajstić information content (AvgIpc) is 2.14. The van der Waals surface area contributed by atoms with Gasteiger partial charge in [0.2, 0.25) is 0 Å². The minimum Gasteiger partial charge on any atom is -0.483 e. The maximum atomic E-state index is 11.8. The topological polar surface area (TPSA) is 52.4 Å². The molecule has 0 unspecified atom stereocenters. The molecule has 0 amide bonds. The molecule has 0 atom stereocenters. The number of nitro groups is 1. The third-order valence-electron chi connectivity index (χ3n) is 1.52. The number of hydrogen-bond acceptors (Lipinski definition) is 3. The monoisotopic (exact) mass is 347 g/mol. The summed E-state index contributed by atoms with van der Waals surface area (Å²) in [5.74, 6) is -0.0245. The number of ether oxygens (including phenoxy) is 1. The summed E-state index contributed by atoms with van der Waals surface area (Å²) < 4.78 is 40.3. The Kier molecular flexibility index (Phi) is 3.94. The molecule has 0 fully saturated rings. The van der Waals surface area contributed by atoms with Crippen molar-refractivity contribution in [3.8, 4) is 5.75 Å². The second-order valence-electron chi connectivity index (χ2n) is 2.78. The maximum Gasteiger partial charge on any atom is 0.422 e. The lowest BCUT2D eigenvalue weighted by Crippen LogP contribution is -2.19. The summed E-state index contributed by atoms with van der Waals surface area (Å²) in [6.07, 6.45) is -4.43. The molecule has 0 heterocycles. The number of rotatable bonds is 3. The van der Waals surface area contributed by atoms with Crippen molar-refractivity contribution >= 4 is 28.3 Å². The SMILES string of the molecule is O=[N+]([O-])c1ccc(OCC(F)(F)F)c(I)c1. The zero-order chi connectivity index (χ0) is 12.3. The van der Waals surface area contributed by atoms with Crippen LogP contribution in [0.15, 0.2) is 18.2 Å². The highest BCUT2D eigenvalue weighted by Gasteiger charge is 2.28. The summed E-state index contributed by atoms with van der Waals surface area (Å²) in [5.41, 5.74) is -0.191. The zero-order valence-corrected chi connectivity index (χ0v) is 9.78. The van der Waals surface area contributed by atoms with Gasteiger partial charge in [-0.25, -0.2) is 0 Å². The molecule has 0 bridgehead atoms. The van der Waals surface area contributed by atoms with E-state index in [4.69, 9.17) is 0 Å². The molecule has 0 aliphatic carbocycles. The number of halogens is 4. The van der Waals surface area contributed by atoms with Crippen LogP contribution in [-0.2, 0) is 0 Å². The van der Waals surface area contributed by atoms with Crippen molar-refractivity contribution < 1.29 is 22.8 Å². The van der Waals surface area contributed by atoms with Crippen molar-refractivity contribution in [3.63, 3.8) is 0 Å². The van der Waals surface area contributed by atoms with Crippen molar-refractivity contribution in [3.05, 3.63) is 31.9 Å². The van der Waals surface area contributed by atoms with Gasteiger partial charge in [-0.05, 0) is 28.7 Å². The highest BCUT2D eigenvalue weighted by Crippen LogP contribution is 2.27. The largest absolute Gasteiger partial charge is 0.483 e. The Hall–Kier alpha value is -1.06. The molecule has 0 saturated heterocycles. The molecule has 1 rings (SSSR count). The van der Waals surface area contributed by atoms with E-state index in [1.807, 2.05) is 0 Å². The van der Waals surface area contributed by atoms with Gasteiger partial charge in [0, 0.05) is 12.1 Å². The first-order chi connectivity index (χ1) is 7.29. The first-order valence-electron chi connectivity index (χ1n) is 3.93. The molecule has 0 saturated carbocycles. The van der Waals surface area contributed by atoms with Gasteiger partial charge < -0.3 is 4.74 Å². The van der Waals surface area contributed by atoms with Gasteiger partial charge >= 0.3 is 6.18 Å². The molecule has 1 aromatic carbocycles. The Bertz CT molecular complexity index is 408. The summed E-state index contributed by atoms with van der Waals surface area (Å²) in [5, 5.41) is 10.4. The van der Waals surface area contributed by atoms with E-state index in [1.54, 1.807) is 22.6 Å². The molecule has 16 heavy (non-hydrogen) atoms. The summed E-state index contributed by atoms with van der Waals surface area (Å²) in [7, 11) is 0. The van der Waals surface area contributed by atoms with E-state index in [9.17, 15) is 23.3 Å². The van der Waals surface area contributed by atoms with E-state index in [1.165, 1.54) is 0 Å². The number of hydrogen-bond donors (Lipinski definition) is 0. The third kappa shape index (κ3) is 3.83. The molecule has 0 aromatic heterocycles. The van der Waals surface area contributed by atoms with Gasteiger partial charge in [-0.2, -0.15) is 13.2 Å². The quantitative estimate of drug-likeness (QED) is 0.480. The lowest BCUT2D eigenvalue weighted by Gasteiger charge is -2.10. The first-order valence-corrected chi connectivity index (χ1v) is 5.01. The van der Waals surface area contributed by atoms with Crippen LogP contribution >= 0.6 is 22.6 Å². The Morgan fingerprint density at radius 3 is 2.50 bits per heavy atom. The predicted molar refractivity (Wildman–Crippen MR) is 57.4 cm³/mol. The molecule has 0 spiro atoms. The summed E-state index contributed by atoms with van der Waals surface area (Å²) in [4.78, 5) is 9.73. The van der Waals surface area contributed by atoms with E-state index in [2.05, 4.69) is 4.74 Å². The van der Waals surface area contributed by atoms with Gasteiger partial charge in [0.25, 0.3) is 5.69 Å². The van der Waals surface area contributed by atoms with Crippen LogP contribution < -0.4 is 4.74 Å². The van der Waals surface area contributed by atoms with Gasteiger partial charge in [-0.1, -0.05) is 0 Å². The van der Waals surface area contributed by atoms with Crippen LogP contribution in [0.3, 0.4) is 0 Å². The number of benzene rings is 1. The Labute approximate surface area is 102 Å². The van der Waals surface area contributed by atoms with Crippen LogP contribution in [0.5, 0.6) is 5.75 Å². The van der Waals surface area contributed by atoms with E-state index < -0.39 is 17.7 Å². The minimum absolute atomic E-state index is 0.0245. The predicted octanol–water partition coefficient (Wildman–Crippen LogP) is 3.14. The number of nitrogens with zero attached hydrogens (tertiary/aromatic N) is 1. The van der Waals surface area contributed by atoms with Gasteiger partial charge in [0.1, 0.15) is 5.75 Å². The van der Waals surface area contributed by atoms with Gasteiger partial charge in [-0.15, -0.1) is 0 Å². The maximum absolute atomic E-state index is 11.8. The molecule has 1 aromatic rings. The summed E-state index contributed by atoms with van der Waals surface area (Å²) in [6.45, 7) is -1.42. The lowest BCUT2D eigenvalue weighted by molar-refractivity contribution is -0.385. The minimum atomic E-state index is -4.43. The second-order valence-corrected chi connectivity index (χ2v) is 3.94. The van der Waals surface area contributed by atoms with Crippen molar-refractivity contribution in [2.75, 3.05) is 6.61 Å². The van der Waals surface area contributed by atoms with Crippen molar-refractivity contribution in [2.24, 2.45) is 0 Å². The van der Waals surface area contributed by atoms with Crippen molar-refractivity contribution in [1.29, 1.82) is 0 Å². The van der Waals surface area contributed by atoms with Crippen molar-refractivity contribution in [1.82, 2.24) is 0 Å². The van der Waals surface area contributed by atoms with Crippen LogP contribution in [0.1, 0.15) is 0 Å². The molecule has 0 radical (unpaired) electrons. The summed E-state index contributed by atoms with van der Waals surface area (Å²) in [6, 6.07) is 3.38. The second kappa shape index (κ2) is 4.85. The Morgan fingerprint density at radius 1 is 1.44 bits per heavy atom. The fraction of sp³-hybridized carbons (Fsp3) is 0.250. The van der Waals surface area contributed by atoms with E-state index in [0.29, 0.717) is 0 Å². The van der Waals surface area contributed by atoms with E-state index >= 15 is 0 Å². The summed E-state index contributed by atoms with van der Waals surface area (Å²) >= 11 is 1.67. The lowest BCUT2D eigenvalue weighted by atomic mass is 10.3. The molecule has 4 nitrogen and oxygen atoms in total. The molecule has 8 heteroatoms. The molecule has 88 valence electrons. The number of alkyl halides is 3. The van der Waals surface area contributed by atoms with E-state index in [0.717, 1.165) is 18.2 Å². The highest BCUT2D eigenvalue weighted by molar-refractivity contribution is 14.1. The zero-order valence-electron chi connectivity index (χ0n) is 7.62. The average molecular weight is 347 g/mol. The third-order valence-corrected chi connectivity index (χ3v) is 2.36. The molecular formula is C8H5F3INO3. The molecule has 0 aliphatic heterocycles. The van der Waals surface area contributed by atoms with E-state index in [-0.39, 0.29) is 15.0 Å². The Balaban J connectivity index is 2.80. The fourth-order valence-electron chi connectivity index (χ4n) is 0.880. The van der Waals surface area contributed by atoms with Gasteiger partial charge in [0.05, 0.1) is 8.49 Å². The molecular weight excluding hydrogens is 342 g/mol. The smallest absolute Gasteiger partial charge is 0.422 e. The first kappa shape index (κ1) is 13.0. The van der Waals surface area contributed by atoms with Crippen LogP contribution in [0.2, 0.25) is 0 Å². The Morgan fingerprint density at radius 2 is 2.06 bits per heavy atom. The van der Waals surface area contributed by atoms with Crippen LogP contribution in [0.4, 0.5) is 18.9 Å². The molecule has 0 aliphatic rings. The highest BCUT2D eigenvalue weighted by atomic mass is 127. The molecule has 0 N–H and O–H groups in total. The normalized spacial score (nSPS) is 11.2. The van der Waals surface area contributed by atoms with Crippen LogP contribution in [0.25, 0.3) is 0 Å².